The lowest BCUT2D eigenvalue weighted by Gasteiger charge is -2.07. The molecule has 2 rings (SSSR count). The number of hydrogen-bond donors (Lipinski definition) is 1. The highest BCUT2D eigenvalue weighted by Gasteiger charge is 2.13. The van der Waals surface area contributed by atoms with Gasteiger partial charge in [-0.2, -0.15) is 0 Å². The molecule has 0 unspecified atom stereocenters. The summed E-state index contributed by atoms with van der Waals surface area (Å²) in [4.78, 5) is 11.9. The predicted octanol–water partition coefficient (Wildman–Crippen LogP) is 3.05. The maximum atomic E-state index is 13.5. The molecule has 1 amide bonds. The van der Waals surface area contributed by atoms with E-state index in [1.165, 1.54) is 6.07 Å². The van der Waals surface area contributed by atoms with Crippen LogP contribution in [0.5, 0.6) is 0 Å². The molecule has 0 radical (unpaired) electrons. The Hall–Kier alpha value is -1.69. The van der Waals surface area contributed by atoms with Gasteiger partial charge in [0, 0.05) is 22.1 Å². The fourth-order valence-electron chi connectivity index (χ4n) is 1.85. The number of nitrogens with one attached hydrogen (secondary N) is 1. The van der Waals surface area contributed by atoms with Gasteiger partial charge in [0.15, 0.2) is 0 Å². The van der Waals surface area contributed by atoms with Crippen LogP contribution >= 0.6 is 15.9 Å². The Morgan fingerprint density at radius 2 is 2.20 bits per heavy atom. The second kappa shape index (κ2) is 6.17. The van der Waals surface area contributed by atoms with Crippen molar-refractivity contribution in [3.8, 4) is 0 Å². The summed E-state index contributed by atoms with van der Waals surface area (Å²) in [5.41, 5.74) is 1.91. The smallest absolute Gasteiger partial charge is 0.224 e. The lowest BCUT2D eigenvalue weighted by molar-refractivity contribution is -0.120. The van der Waals surface area contributed by atoms with Gasteiger partial charge in [0.2, 0.25) is 5.91 Å². The number of halogens is 2. The van der Waals surface area contributed by atoms with Crippen LogP contribution < -0.4 is 5.32 Å². The number of hydrogen-bond acceptors (Lipinski definition) is 3. The summed E-state index contributed by atoms with van der Waals surface area (Å²) in [5, 5.41) is 6.48. The van der Waals surface area contributed by atoms with Crippen LogP contribution in [0.25, 0.3) is 0 Å². The molecule has 1 aromatic carbocycles. The quantitative estimate of drug-likeness (QED) is 0.930. The zero-order valence-corrected chi connectivity index (χ0v) is 12.8. The average Bonchev–Trinajstić information content (AvgIpc) is 2.71. The second-order valence-corrected chi connectivity index (χ2v) is 5.41. The van der Waals surface area contributed by atoms with E-state index in [4.69, 9.17) is 4.52 Å². The van der Waals surface area contributed by atoms with E-state index in [1.54, 1.807) is 26.0 Å². The number of aryl methyl sites for hydroxylation is 2. The number of amides is 1. The van der Waals surface area contributed by atoms with Crippen molar-refractivity contribution in [1.29, 1.82) is 0 Å². The van der Waals surface area contributed by atoms with E-state index in [2.05, 4.69) is 26.4 Å². The molecule has 0 bridgehead atoms. The first kappa shape index (κ1) is 14.7. The molecule has 0 fully saturated rings. The van der Waals surface area contributed by atoms with Gasteiger partial charge in [-0.3, -0.25) is 4.79 Å². The van der Waals surface area contributed by atoms with Crippen LogP contribution in [0.15, 0.2) is 27.2 Å². The monoisotopic (exact) mass is 340 g/mol. The first-order chi connectivity index (χ1) is 9.47. The maximum absolute atomic E-state index is 13.5. The molecule has 0 atom stereocenters. The van der Waals surface area contributed by atoms with Gasteiger partial charge < -0.3 is 9.84 Å². The van der Waals surface area contributed by atoms with Crippen LogP contribution in [-0.4, -0.2) is 11.1 Å². The highest BCUT2D eigenvalue weighted by atomic mass is 79.9. The van der Waals surface area contributed by atoms with Crippen molar-refractivity contribution in [1.82, 2.24) is 10.5 Å². The molecule has 6 heteroatoms. The minimum absolute atomic E-state index is 0.146. The Morgan fingerprint density at radius 3 is 2.85 bits per heavy atom. The van der Waals surface area contributed by atoms with E-state index in [0.717, 1.165) is 10.0 Å². The van der Waals surface area contributed by atoms with Crippen LogP contribution in [0.2, 0.25) is 0 Å². The molecule has 1 N–H and O–H groups in total. The van der Waals surface area contributed by atoms with Crippen molar-refractivity contribution >= 4 is 21.8 Å². The van der Waals surface area contributed by atoms with Crippen molar-refractivity contribution in [3.63, 3.8) is 0 Å². The number of carbonyl (C=O) groups is 1. The van der Waals surface area contributed by atoms with Crippen molar-refractivity contribution in [3.05, 3.63) is 51.1 Å². The van der Waals surface area contributed by atoms with Crippen molar-refractivity contribution < 1.29 is 13.7 Å². The van der Waals surface area contributed by atoms with Gasteiger partial charge in [0.25, 0.3) is 0 Å². The largest absolute Gasteiger partial charge is 0.361 e. The molecule has 20 heavy (non-hydrogen) atoms. The predicted molar refractivity (Wildman–Crippen MR) is 75.6 cm³/mol. The van der Waals surface area contributed by atoms with E-state index in [-0.39, 0.29) is 24.7 Å². The fraction of sp³-hybridized carbons (Fsp3) is 0.286. The summed E-state index contributed by atoms with van der Waals surface area (Å²) in [6, 6.07) is 4.62. The molecule has 0 aliphatic rings. The third kappa shape index (κ3) is 3.45. The summed E-state index contributed by atoms with van der Waals surface area (Å²) >= 11 is 3.27. The third-order valence-corrected chi connectivity index (χ3v) is 3.50. The summed E-state index contributed by atoms with van der Waals surface area (Å²) in [6.45, 7) is 3.69. The van der Waals surface area contributed by atoms with Crippen molar-refractivity contribution in [2.75, 3.05) is 0 Å². The maximum Gasteiger partial charge on any atom is 0.224 e. The standard InChI is InChI=1S/C14H14BrFN2O2/c1-8-12(9(2)20-18-8)6-14(19)17-7-10-5-11(15)3-4-13(10)16/h3-5H,6-7H2,1-2H3,(H,17,19). The summed E-state index contributed by atoms with van der Waals surface area (Å²) in [7, 11) is 0. The molecule has 4 nitrogen and oxygen atoms in total. The summed E-state index contributed by atoms with van der Waals surface area (Å²) in [5.74, 6) is 0.0934. The Balaban J connectivity index is 1.97. The highest BCUT2D eigenvalue weighted by Crippen LogP contribution is 2.16. The Labute approximate surface area is 124 Å². The topological polar surface area (TPSA) is 55.1 Å². The first-order valence-corrected chi connectivity index (χ1v) is 6.89. The lowest BCUT2D eigenvalue weighted by atomic mass is 10.1. The van der Waals surface area contributed by atoms with E-state index in [0.29, 0.717) is 17.0 Å². The Bertz CT molecular complexity index is 621. The molecule has 1 heterocycles. The Morgan fingerprint density at radius 1 is 1.45 bits per heavy atom. The van der Waals surface area contributed by atoms with Crippen LogP contribution in [0.1, 0.15) is 22.6 Å². The van der Waals surface area contributed by atoms with Gasteiger partial charge in [-0.05, 0) is 32.0 Å². The molecule has 0 aliphatic carbocycles. The van der Waals surface area contributed by atoms with E-state index >= 15 is 0 Å². The zero-order chi connectivity index (χ0) is 14.7. The zero-order valence-electron chi connectivity index (χ0n) is 11.2. The molecule has 0 saturated heterocycles. The van der Waals surface area contributed by atoms with Crippen LogP contribution in [0.3, 0.4) is 0 Å². The molecule has 1 aromatic heterocycles. The number of nitrogens with zero attached hydrogens (tertiary/aromatic N) is 1. The number of rotatable bonds is 4. The van der Waals surface area contributed by atoms with Gasteiger partial charge >= 0.3 is 0 Å². The summed E-state index contributed by atoms with van der Waals surface area (Å²) < 4.78 is 19.3. The SMILES string of the molecule is Cc1noc(C)c1CC(=O)NCc1cc(Br)ccc1F. The van der Waals surface area contributed by atoms with Gasteiger partial charge in [0.05, 0.1) is 12.1 Å². The van der Waals surface area contributed by atoms with E-state index in [1.807, 2.05) is 0 Å². The molecule has 106 valence electrons. The first-order valence-electron chi connectivity index (χ1n) is 6.09. The van der Waals surface area contributed by atoms with Gasteiger partial charge in [-0.1, -0.05) is 21.1 Å². The molecule has 0 aliphatic heterocycles. The molecule has 0 saturated carbocycles. The number of carbonyl (C=O) groups excluding carboxylic acids is 1. The minimum Gasteiger partial charge on any atom is -0.361 e. The summed E-state index contributed by atoms with van der Waals surface area (Å²) in [6.07, 6.45) is 0.177. The fourth-order valence-corrected chi connectivity index (χ4v) is 2.26. The van der Waals surface area contributed by atoms with Crippen LogP contribution in [0.4, 0.5) is 4.39 Å². The van der Waals surface area contributed by atoms with Crippen LogP contribution in [-0.2, 0) is 17.8 Å². The number of benzene rings is 1. The van der Waals surface area contributed by atoms with Crippen LogP contribution in [0, 0.1) is 19.7 Å². The van der Waals surface area contributed by atoms with E-state index in [9.17, 15) is 9.18 Å². The minimum atomic E-state index is -0.342. The van der Waals surface area contributed by atoms with Gasteiger partial charge in [-0.25, -0.2) is 4.39 Å². The highest BCUT2D eigenvalue weighted by molar-refractivity contribution is 9.10. The van der Waals surface area contributed by atoms with E-state index < -0.39 is 0 Å². The van der Waals surface area contributed by atoms with Crippen molar-refractivity contribution in [2.24, 2.45) is 0 Å². The average molecular weight is 341 g/mol. The molecule has 2 aromatic rings. The second-order valence-electron chi connectivity index (χ2n) is 4.49. The van der Waals surface area contributed by atoms with Crippen molar-refractivity contribution in [2.45, 2.75) is 26.8 Å². The molecular formula is C14H14BrFN2O2. The molecular weight excluding hydrogens is 327 g/mol. The lowest BCUT2D eigenvalue weighted by Crippen LogP contribution is -2.25. The van der Waals surface area contributed by atoms with Gasteiger partial charge in [0.1, 0.15) is 11.6 Å². The number of aromatic nitrogens is 1. The Kier molecular flexibility index (Phi) is 4.54. The molecule has 0 spiro atoms. The third-order valence-electron chi connectivity index (χ3n) is 3.00. The van der Waals surface area contributed by atoms with Gasteiger partial charge in [-0.15, -0.1) is 0 Å². The normalized spacial score (nSPS) is 10.6.